The molecule has 0 aromatic rings. The van der Waals surface area contributed by atoms with E-state index in [0.29, 0.717) is 0 Å². The van der Waals surface area contributed by atoms with Gasteiger partial charge in [0.2, 0.25) is 0 Å². The molecular formula is CH4OV16. The van der Waals surface area contributed by atoms with Gasteiger partial charge in [0.05, 0.1) is 1.37 Å². The first-order valence-corrected chi connectivity index (χ1v) is 0.316. The predicted octanol–water partition coefficient (Wildman–Crippen LogP) is -0.432. The topological polar surface area (TPSA) is 20.2 Å². The van der Waals surface area contributed by atoms with E-state index in [2.05, 4.69) is 0 Å². The van der Waals surface area contributed by atoms with Crippen molar-refractivity contribution in [3.63, 3.8) is 0 Å². The number of hydrogen-bond acceptors (Lipinski definition) is 1. The molecule has 0 spiro atoms. The molecule has 0 amide bonds. The number of aliphatic hydroxyl groups excluding tert-OH is 1. The van der Waals surface area contributed by atoms with Crippen molar-refractivity contribution < 1.29 is 303 Å². The van der Waals surface area contributed by atoms with Crippen LogP contribution in [0.3, 0.4) is 0 Å². The minimum Gasteiger partial charge on any atom is -0.400 e. The normalized spacial score (nSPS) is 1.06. The Hall–Kier alpha value is 9.31. The van der Waals surface area contributed by atoms with E-state index in [9.17, 15) is 0 Å². The molecule has 17 heteroatoms. The molecule has 0 aliphatic carbocycles. The summed E-state index contributed by atoms with van der Waals surface area (Å²) in [6.07, 6.45) is 0. The van der Waals surface area contributed by atoms with E-state index in [0.717, 1.165) is 0 Å². The van der Waals surface area contributed by atoms with E-state index in [-0.39, 0.29) is 297 Å². The Balaban J connectivity index is -0.000000000167. The fraction of sp³-hybridized carbons (Fsp3) is 1.00. The molecule has 0 atom stereocenters. The third kappa shape index (κ3) is 173. The largest absolute Gasteiger partial charge is 0.400 e. The van der Waals surface area contributed by atoms with Crippen LogP contribution in [0.15, 0.2) is 0 Å². The third-order valence-corrected chi connectivity index (χ3v) is 0. The zero-order valence-electron chi connectivity index (χ0n) is 9.31. The Kier molecular flexibility index (Phi) is 1600. The Morgan fingerprint density at radius 2 is 0.389 bits per heavy atom. The average Bonchev–Trinajstić information content (AvgIpc) is 0.918. The molecule has 0 heterocycles. The summed E-state index contributed by atoms with van der Waals surface area (Å²) in [7, 11) is -0.500. The van der Waals surface area contributed by atoms with E-state index in [4.69, 9.17) is 6.48 Å². The Bertz CT molecular complexity index is 16.7. The van der Waals surface area contributed by atoms with Gasteiger partial charge in [0, 0.05) is 304 Å². The van der Waals surface area contributed by atoms with Crippen LogP contribution < -0.4 is 0 Å². The summed E-state index contributed by atoms with van der Waals surface area (Å²) in [5.74, 6) is 0. The molecule has 16 radical (unpaired) electrons. The van der Waals surface area contributed by atoms with Crippen molar-refractivity contribution in [2.75, 3.05) is 7.09 Å². The SMILES string of the molecule is [2H]CO.[V].[V].[V].[V].[V].[V].[V].[V].[V].[V].[V].[V].[V].[V].[V].[V]. The summed E-state index contributed by atoms with van der Waals surface area (Å²) >= 11 is 0. The second-order valence-electron chi connectivity index (χ2n) is 0. The fourth-order valence-electron chi connectivity index (χ4n) is 0. The molecule has 0 bridgehead atoms. The van der Waals surface area contributed by atoms with Crippen molar-refractivity contribution >= 4 is 0 Å². The molecule has 18 heavy (non-hydrogen) atoms. The third-order valence-electron chi connectivity index (χ3n) is 0. The van der Waals surface area contributed by atoms with E-state index in [1.165, 1.54) is 0 Å². The van der Waals surface area contributed by atoms with Gasteiger partial charge < -0.3 is 5.11 Å². The quantitative estimate of drug-likeness (QED) is 0.352. The second-order valence-corrected chi connectivity index (χ2v) is 0. The molecule has 0 aliphatic rings. The summed E-state index contributed by atoms with van der Waals surface area (Å²) in [6.45, 7) is 0. The molecule has 0 rings (SSSR count). The standard InChI is InChI=1S/CH4O.16V/c1-2;;;;;;;;;;;;;;;;/h2H,1H3;;;;;;;;;;;;;;;;/i1D;;;;;;;;;;;;;;;;. The van der Waals surface area contributed by atoms with Crippen molar-refractivity contribution in [1.82, 2.24) is 0 Å². The van der Waals surface area contributed by atoms with E-state index in [1.807, 2.05) is 0 Å². The molecule has 94 valence electrons. The maximum Gasteiger partial charge on any atom is 0.0527 e. The van der Waals surface area contributed by atoms with Crippen molar-refractivity contribution in [2.45, 2.75) is 0 Å². The van der Waals surface area contributed by atoms with Crippen LogP contribution in [0.2, 0.25) is 0 Å². The number of hydrogen-bond donors (Lipinski definition) is 1. The summed E-state index contributed by atoms with van der Waals surface area (Å²) in [6, 6.07) is 0. The molecule has 0 aromatic heterocycles. The van der Waals surface area contributed by atoms with Crippen LogP contribution in [0.1, 0.15) is 1.37 Å². The van der Waals surface area contributed by atoms with Crippen LogP contribution in [0.5, 0.6) is 0 Å². The molecule has 0 fully saturated rings. The summed E-state index contributed by atoms with van der Waals surface area (Å²) < 4.78 is 5.76. The first-order valence-electron chi connectivity index (χ1n) is 1.02. The molecule has 0 unspecified atom stereocenters. The van der Waals surface area contributed by atoms with Crippen molar-refractivity contribution in [1.29, 1.82) is 0 Å². The van der Waals surface area contributed by atoms with Crippen LogP contribution in [0.25, 0.3) is 0 Å². The predicted molar refractivity (Wildman–Crippen MR) is 8.14 cm³/mol. The monoisotopic (exact) mass is 848 g/mol. The van der Waals surface area contributed by atoms with Crippen molar-refractivity contribution in [2.24, 2.45) is 0 Å². The van der Waals surface area contributed by atoms with E-state index in [1.54, 1.807) is 0 Å². The van der Waals surface area contributed by atoms with Gasteiger partial charge in [-0.3, -0.25) is 0 Å². The van der Waals surface area contributed by atoms with Crippen LogP contribution in [0, 0.1) is 0 Å². The first kappa shape index (κ1) is 148. The molecule has 0 aromatic carbocycles. The van der Waals surface area contributed by atoms with Gasteiger partial charge >= 0.3 is 0 Å². The molecule has 1 N–H and O–H groups in total. The van der Waals surface area contributed by atoms with Gasteiger partial charge in [-0.2, -0.15) is 0 Å². The van der Waals surface area contributed by atoms with Gasteiger partial charge in [-0.1, -0.05) is 0 Å². The Morgan fingerprint density at radius 1 is 0.389 bits per heavy atom. The molecule has 1 nitrogen and oxygen atoms in total. The van der Waals surface area contributed by atoms with Crippen molar-refractivity contribution in [3.05, 3.63) is 0 Å². The maximum atomic E-state index is 7.24. The maximum absolute atomic E-state index is 7.24. The molecule has 0 saturated carbocycles. The zero-order chi connectivity index (χ0) is 2.71. The first-order chi connectivity index (χ1) is 1.41. The molecule has 0 saturated heterocycles. The smallest absolute Gasteiger partial charge is 0.0527 e. The summed E-state index contributed by atoms with van der Waals surface area (Å²) in [5, 5.41) is 7.24. The second kappa shape index (κ2) is 194. The van der Waals surface area contributed by atoms with Gasteiger partial charge in [-0.25, -0.2) is 0 Å². The van der Waals surface area contributed by atoms with Gasteiger partial charge in [0.1, 0.15) is 0 Å². The zero-order valence-corrected chi connectivity index (χ0v) is 30.7. The van der Waals surface area contributed by atoms with Crippen LogP contribution in [0.4, 0.5) is 0 Å². The van der Waals surface area contributed by atoms with Crippen LogP contribution in [-0.2, 0) is 297 Å². The molecular weight excluding hydrogens is 843 g/mol. The van der Waals surface area contributed by atoms with Gasteiger partial charge in [0.15, 0.2) is 0 Å². The number of aliphatic hydroxyl groups is 1. The van der Waals surface area contributed by atoms with Gasteiger partial charge in [0.25, 0.3) is 0 Å². The Labute approximate surface area is 303 Å². The van der Waals surface area contributed by atoms with Gasteiger partial charge in [-0.15, -0.1) is 0 Å². The summed E-state index contributed by atoms with van der Waals surface area (Å²) in [5.41, 5.74) is 0. The fourth-order valence-corrected chi connectivity index (χ4v) is 0. The average molecular weight is 848 g/mol. The van der Waals surface area contributed by atoms with E-state index < -0.39 is 7.09 Å². The Morgan fingerprint density at radius 3 is 0.389 bits per heavy atom. The van der Waals surface area contributed by atoms with Crippen molar-refractivity contribution in [3.8, 4) is 0 Å². The van der Waals surface area contributed by atoms with Crippen LogP contribution >= 0.6 is 0 Å². The minimum absolute atomic E-state index is 0. The van der Waals surface area contributed by atoms with Gasteiger partial charge in [-0.05, 0) is 0 Å². The summed E-state index contributed by atoms with van der Waals surface area (Å²) in [4.78, 5) is 0. The van der Waals surface area contributed by atoms with Crippen LogP contribution in [-0.4, -0.2) is 12.2 Å². The minimum atomic E-state index is -0.500. The van der Waals surface area contributed by atoms with E-state index >= 15 is 0 Å². The number of rotatable bonds is 0. The molecule has 0 aliphatic heterocycles.